The van der Waals surface area contributed by atoms with Gasteiger partial charge < -0.3 is 16.0 Å². The maximum atomic E-state index is 12.8. The maximum absolute atomic E-state index is 12.8. The summed E-state index contributed by atoms with van der Waals surface area (Å²) in [4.78, 5) is 37.0. The Morgan fingerprint density at radius 2 is 1.57 bits per heavy atom. The normalized spacial score (nSPS) is 11.6. The van der Waals surface area contributed by atoms with Crippen LogP contribution in [0.5, 0.6) is 0 Å². The second-order valence-electron chi connectivity index (χ2n) is 7.12. The number of anilines is 1. The highest BCUT2D eigenvalue weighted by atomic mass is 16.2. The van der Waals surface area contributed by atoms with E-state index in [1.54, 1.807) is 43.4 Å². The molecule has 0 saturated carbocycles. The van der Waals surface area contributed by atoms with Crippen LogP contribution in [0.2, 0.25) is 0 Å². The van der Waals surface area contributed by atoms with E-state index in [2.05, 4.69) is 16.0 Å². The third kappa shape index (κ3) is 5.67. The van der Waals surface area contributed by atoms with Crippen LogP contribution in [-0.2, 0) is 4.79 Å². The van der Waals surface area contributed by atoms with Crippen LogP contribution in [0.3, 0.4) is 0 Å². The molecular formula is C22H27N3O3. The summed E-state index contributed by atoms with van der Waals surface area (Å²) in [5, 5.41) is 8.22. The Bertz CT molecular complexity index is 844. The van der Waals surface area contributed by atoms with Gasteiger partial charge in [0.25, 0.3) is 11.8 Å². The van der Waals surface area contributed by atoms with Gasteiger partial charge in [-0.3, -0.25) is 14.4 Å². The molecule has 0 aromatic heterocycles. The Morgan fingerprint density at radius 1 is 0.929 bits per heavy atom. The number of carbonyl (C=O) groups is 3. The molecule has 2 rings (SSSR count). The van der Waals surface area contributed by atoms with Crippen LogP contribution in [-0.4, -0.2) is 30.8 Å². The van der Waals surface area contributed by atoms with E-state index >= 15 is 0 Å². The molecule has 28 heavy (non-hydrogen) atoms. The quantitative estimate of drug-likeness (QED) is 0.689. The van der Waals surface area contributed by atoms with Gasteiger partial charge in [-0.15, -0.1) is 0 Å². The van der Waals surface area contributed by atoms with Gasteiger partial charge in [0.2, 0.25) is 5.91 Å². The van der Waals surface area contributed by atoms with Crippen LogP contribution in [0.4, 0.5) is 5.69 Å². The lowest BCUT2D eigenvalue weighted by atomic mass is 10.0. The molecule has 3 N–H and O–H groups in total. The number of rotatable bonds is 7. The van der Waals surface area contributed by atoms with Gasteiger partial charge in [0, 0.05) is 23.9 Å². The minimum absolute atomic E-state index is 0.193. The van der Waals surface area contributed by atoms with Crippen molar-refractivity contribution in [2.45, 2.75) is 33.2 Å². The molecule has 1 atom stereocenters. The summed E-state index contributed by atoms with van der Waals surface area (Å²) in [6, 6.07) is 13.2. The van der Waals surface area contributed by atoms with Crippen molar-refractivity contribution >= 4 is 23.4 Å². The van der Waals surface area contributed by atoms with Crippen molar-refractivity contribution in [3.63, 3.8) is 0 Å². The van der Waals surface area contributed by atoms with Crippen molar-refractivity contribution in [1.82, 2.24) is 10.6 Å². The van der Waals surface area contributed by atoms with Crippen molar-refractivity contribution in [3.05, 3.63) is 65.2 Å². The Labute approximate surface area is 165 Å². The van der Waals surface area contributed by atoms with Gasteiger partial charge >= 0.3 is 0 Å². The Morgan fingerprint density at radius 3 is 2.14 bits per heavy atom. The molecule has 0 aliphatic heterocycles. The van der Waals surface area contributed by atoms with Crippen LogP contribution in [0.25, 0.3) is 0 Å². The van der Waals surface area contributed by atoms with Gasteiger partial charge in [-0.1, -0.05) is 32.0 Å². The van der Waals surface area contributed by atoms with Gasteiger partial charge in [0.15, 0.2) is 0 Å². The molecular weight excluding hydrogens is 354 g/mol. The Hall–Kier alpha value is -3.15. The van der Waals surface area contributed by atoms with Gasteiger partial charge in [0.1, 0.15) is 6.04 Å². The average Bonchev–Trinajstić information content (AvgIpc) is 2.67. The molecule has 0 saturated heterocycles. The molecule has 1 unspecified atom stereocenters. The molecule has 2 aromatic rings. The number of aryl methyl sites for hydroxylation is 1. The summed E-state index contributed by atoms with van der Waals surface area (Å²) < 4.78 is 0. The molecule has 6 nitrogen and oxygen atoms in total. The van der Waals surface area contributed by atoms with Gasteiger partial charge in [0.05, 0.1) is 0 Å². The van der Waals surface area contributed by atoms with Crippen LogP contribution < -0.4 is 16.0 Å². The monoisotopic (exact) mass is 381 g/mol. The van der Waals surface area contributed by atoms with Crippen molar-refractivity contribution in [2.75, 3.05) is 12.4 Å². The fraction of sp³-hybridized carbons (Fsp3) is 0.318. The van der Waals surface area contributed by atoms with Crippen LogP contribution in [0.15, 0.2) is 48.5 Å². The molecule has 0 aliphatic rings. The van der Waals surface area contributed by atoms with E-state index in [0.29, 0.717) is 23.2 Å². The first-order valence-electron chi connectivity index (χ1n) is 9.31. The first-order valence-corrected chi connectivity index (χ1v) is 9.31. The first kappa shape index (κ1) is 21.2. The lowest BCUT2D eigenvalue weighted by molar-refractivity contribution is -0.118. The summed E-state index contributed by atoms with van der Waals surface area (Å²) in [6.45, 7) is 5.86. The number of benzene rings is 2. The maximum Gasteiger partial charge on any atom is 0.252 e. The van der Waals surface area contributed by atoms with E-state index in [9.17, 15) is 14.4 Å². The van der Waals surface area contributed by atoms with Gasteiger partial charge in [-0.2, -0.15) is 0 Å². The van der Waals surface area contributed by atoms with Crippen LogP contribution in [0, 0.1) is 12.8 Å². The summed E-state index contributed by atoms with van der Waals surface area (Å²) in [5.74, 6) is -0.526. The molecule has 0 aliphatic carbocycles. The molecule has 3 amide bonds. The topological polar surface area (TPSA) is 87.3 Å². The molecule has 148 valence electrons. The average molecular weight is 381 g/mol. The predicted molar refractivity (Wildman–Crippen MR) is 110 cm³/mol. The zero-order valence-electron chi connectivity index (χ0n) is 16.7. The molecule has 0 bridgehead atoms. The lowest BCUT2D eigenvalue weighted by Gasteiger charge is -2.21. The molecule has 2 aromatic carbocycles. The highest BCUT2D eigenvalue weighted by Crippen LogP contribution is 2.14. The summed E-state index contributed by atoms with van der Waals surface area (Å²) in [5.41, 5.74) is 2.48. The number of amides is 3. The second kappa shape index (κ2) is 9.69. The summed E-state index contributed by atoms with van der Waals surface area (Å²) in [7, 11) is 1.56. The fourth-order valence-electron chi connectivity index (χ4n) is 2.85. The summed E-state index contributed by atoms with van der Waals surface area (Å²) >= 11 is 0. The molecule has 0 spiro atoms. The van der Waals surface area contributed by atoms with Crippen molar-refractivity contribution in [2.24, 2.45) is 5.92 Å². The standard InChI is InChI=1S/C22H27N3O3/c1-14(2)13-19(25-21(27)18-8-6-5-7-15(18)3)22(28)24-17-11-9-16(10-12-17)20(26)23-4/h5-12,14,19H,13H2,1-4H3,(H,23,26)(H,24,28)(H,25,27). The van der Waals surface area contributed by atoms with Crippen LogP contribution in [0.1, 0.15) is 46.5 Å². The highest BCUT2D eigenvalue weighted by molar-refractivity contribution is 6.02. The molecule has 0 heterocycles. The minimum Gasteiger partial charge on any atom is -0.355 e. The highest BCUT2D eigenvalue weighted by Gasteiger charge is 2.23. The van der Waals surface area contributed by atoms with Crippen molar-refractivity contribution in [1.29, 1.82) is 0 Å². The molecule has 0 fully saturated rings. The Kier molecular flexibility index (Phi) is 7.32. The number of hydrogen-bond donors (Lipinski definition) is 3. The predicted octanol–water partition coefficient (Wildman–Crippen LogP) is 3.14. The van der Waals surface area contributed by atoms with E-state index in [0.717, 1.165) is 5.56 Å². The minimum atomic E-state index is -0.661. The van der Waals surface area contributed by atoms with Gasteiger partial charge in [-0.25, -0.2) is 0 Å². The SMILES string of the molecule is CNC(=O)c1ccc(NC(=O)C(CC(C)C)NC(=O)c2ccccc2C)cc1. The van der Waals surface area contributed by atoms with E-state index in [1.807, 2.05) is 32.9 Å². The molecule has 0 radical (unpaired) electrons. The molecule has 6 heteroatoms. The Balaban J connectivity index is 2.11. The number of nitrogens with one attached hydrogen (secondary N) is 3. The summed E-state index contributed by atoms with van der Waals surface area (Å²) in [6.07, 6.45) is 0.514. The zero-order valence-corrected chi connectivity index (χ0v) is 16.7. The van der Waals surface area contributed by atoms with Crippen molar-refractivity contribution < 1.29 is 14.4 Å². The second-order valence-corrected chi connectivity index (χ2v) is 7.12. The smallest absolute Gasteiger partial charge is 0.252 e. The van der Waals surface area contributed by atoms with E-state index in [4.69, 9.17) is 0 Å². The lowest BCUT2D eigenvalue weighted by Crippen LogP contribution is -2.44. The largest absolute Gasteiger partial charge is 0.355 e. The van der Waals surface area contributed by atoms with E-state index in [1.165, 1.54) is 0 Å². The third-order valence-corrected chi connectivity index (χ3v) is 4.36. The first-order chi connectivity index (χ1) is 13.3. The number of hydrogen-bond acceptors (Lipinski definition) is 3. The fourth-order valence-corrected chi connectivity index (χ4v) is 2.85. The third-order valence-electron chi connectivity index (χ3n) is 4.36. The van der Waals surface area contributed by atoms with E-state index < -0.39 is 6.04 Å². The van der Waals surface area contributed by atoms with E-state index in [-0.39, 0.29) is 23.6 Å². The van der Waals surface area contributed by atoms with Crippen molar-refractivity contribution in [3.8, 4) is 0 Å². The van der Waals surface area contributed by atoms with Gasteiger partial charge in [-0.05, 0) is 55.2 Å². The number of carbonyl (C=O) groups excluding carboxylic acids is 3. The van der Waals surface area contributed by atoms with Crippen LogP contribution >= 0.6 is 0 Å². The zero-order chi connectivity index (χ0) is 20.7.